The molecule has 0 aliphatic carbocycles. The van der Waals surface area contributed by atoms with Crippen molar-refractivity contribution in [3.8, 4) is 0 Å². The molecule has 1 rings (SSSR count). The Morgan fingerprint density at radius 3 is 2.85 bits per heavy atom. The molecule has 0 spiro atoms. The number of aliphatic imine (C=N–C) groups is 1. The van der Waals surface area contributed by atoms with E-state index in [9.17, 15) is 0 Å². The summed E-state index contributed by atoms with van der Waals surface area (Å²) in [5, 5.41) is 8.60. The summed E-state index contributed by atoms with van der Waals surface area (Å²) in [6, 6.07) is 0.351. The first-order valence-corrected chi connectivity index (χ1v) is 5.04. The fourth-order valence-electron chi connectivity index (χ4n) is 1.31. The first-order valence-electron chi connectivity index (χ1n) is 5.04. The Morgan fingerprint density at radius 1 is 1.54 bits per heavy atom. The minimum absolute atomic E-state index is 0.265. The van der Waals surface area contributed by atoms with Crippen LogP contribution in [0.1, 0.15) is 33.1 Å². The van der Waals surface area contributed by atoms with Gasteiger partial charge in [-0.25, -0.2) is 4.99 Å². The first-order chi connectivity index (χ1) is 6.24. The number of hydrogen-bond acceptors (Lipinski definition) is 3. The van der Waals surface area contributed by atoms with E-state index >= 15 is 0 Å². The van der Waals surface area contributed by atoms with Gasteiger partial charge in [-0.1, -0.05) is 13.8 Å². The summed E-state index contributed by atoms with van der Waals surface area (Å²) in [5.41, 5.74) is 0. The monoisotopic (exact) mass is 185 g/mol. The van der Waals surface area contributed by atoms with Crippen LogP contribution < -0.4 is 0 Å². The predicted octanol–water partition coefficient (Wildman–Crippen LogP) is 1.60. The SMILES string of the molecule is CC(C)[C@H]1COC(CCCCO)=N1. The highest BCUT2D eigenvalue weighted by Crippen LogP contribution is 2.15. The van der Waals surface area contributed by atoms with Gasteiger partial charge in [-0.3, -0.25) is 0 Å². The number of aliphatic hydroxyl groups is 1. The summed E-state index contributed by atoms with van der Waals surface area (Å²) in [5.74, 6) is 1.45. The maximum absolute atomic E-state index is 8.60. The number of nitrogens with zero attached hydrogens (tertiary/aromatic N) is 1. The third-order valence-corrected chi connectivity index (χ3v) is 2.30. The molecule has 1 aliphatic heterocycles. The maximum Gasteiger partial charge on any atom is 0.183 e. The molecule has 1 aliphatic rings. The van der Waals surface area contributed by atoms with Crippen LogP contribution in [0.4, 0.5) is 0 Å². The molecule has 0 saturated carbocycles. The van der Waals surface area contributed by atoms with Crippen LogP contribution in [0.2, 0.25) is 0 Å². The van der Waals surface area contributed by atoms with E-state index in [1.165, 1.54) is 0 Å². The van der Waals surface area contributed by atoms with E-state index in [4.69, 9.17) is 9.84 Å². The molecule has 0 fully saturated rings. The smallest absolute Gasteiger partial charge is 0.183 e. The largest absolute Gasteiger partial charge is 0.479 e. The second-order valence-electron chi connectivity index (χ2n) is 3.83. The zero-order chi connectivity index (χ0) is 9.68. The van der Waals surface area contributed by atoms with Gasteiger partial charge in [0.05, 0.1) is 6.04 Å². The van der Waals surface area contributed by atoms with Crippen molar-refractivity contribution in [3.05, 3.63) is 0 Å². The molecule has 3 nitrogen and oxygen atoms in total. The number of rotatable bonds is 5. The zero-order valence-corrected chi connectivity index (χ0v) is 8.49. The highest BCUT2D eigenvalue weighted by molar-refractivity contribution is 5.77. The van der Waals surface area contributed by atoms with Gasteiger partial charge in [-0.05, 0) is 18.8 Å². The molecule has 0 radical (unpaired) electrons. The highest BCUT2D eigenvalue weighted by atomic mass is 16.5. The highest BCUT2D eigenvalue weighted by Gasteiger charge is 2.20. The summed E-state index contributed by atoms with van der Waals surface area (Å²) >= 11 is 0. The van der Waals surface area contributed by atoms with E-state index in [-0.39, 0.29) is 6.61 Å². The van der Waals surface area contributed by atoms with Crippen molar-refractivity contribution in [3.63, 3.8) is 0 Å². The molecule has 3 heteroatoms. The minimum atomic E-state index is 0.265. The Hall–Kier alpha value is -0.570. The van der Waals surface area contributed by atoms with Gasteiger partial charge in [-0.2, -0.15) is 0 Å². The van der Waals surface area contributed by atoms with Crippen molar-refractivity contribution in [1.82, 2.24) is 0 Å². The Kier molecular flexibility index (Phi) is 4.22. The van der Waals surface area contributed by atoms with Gasteiger partial charge in [-0.15, -0.1) is 0 Å². The van der Waals surface area contributed by atoms with Gasteiger partial charge in [0.25, 0.3) is 0 Å². The molecule has 1 N–H and O–H groups in total. The van der Waals surface area contributed by atoms with E-state index in [0.717, 1.165) is 31.8 Å². The van der Waals surface area contributed by atoms with Crippen molar-refractivity contribution < 1.29 is 9.84 Å². The Morgan fingerprint density at radius 2 is 2.31 bits per heavy atom. The second-order valence-corrected chi connectivity index (χ2v) is 3.83. The molecule has 0 aromatic carbocycles. The van der Waals surface area contributed by atoms with Crippen molar-refractivity contribution in [2.75, 3.05) is 13.2 Å². The van der Waals surface area contributed by atoms with Crippen LogP contribution in [0, 0.1) is 5.92 Å². The lowest BCUT2D eigenvalue weighted by Gasteiger charge is -2.06. The summed E-state index contributed by atoms with van der Waals surface area (Å²) in [7, 11) is 0. The molecule has 0 aromatic rings. The number of hydrogen-bond donors (Lipinski definition) is 1. The number of aliphatic hydroxyl groups excluding tert-OH is 1. The molecule has 0 unspecified atom stereocenters. The summed E-state index contributed by atoms with van der Waals surface area (Å²) < 4.78 is 5.44. The summed E-state index contributed by atoms with van der Waals surface area (Å²) in [4.78, 5) is 4.47. The van der Waals surface area contributed by atoms with Crippen LogP contribution in [0.15, 0.2) is 4.99 Å². The molecule has 0 saturated heterocycles. The topological polar surface area (TPSA) is 41.8 Å². The van der Waals surface area contributed by atoms with E-state index in [2.05, 4.69) is 18.8 Å². The molecule has 13 heavy (non-hydrogen) atoms. The fourth-order valence-corrected chi connectivity index (χ4v) is 1.31. The molecular formula is C10H19NO2. The molecule has 0 amide bonds. The van der Waals surface area contributed by atoms with Crippen LogP contribution >= 0.6 is 0 Å². The van der Waals surface area contributed by atoms with E-state index in [1.807, 2.05) is 0 Å². The van der Waals surface area contributed by atoms with Gasteiger partial charge >= 0.3 is 0 Å². The van der Waals surface area contributed by atoms with Gasteiger partial charge in [0.15, 0.2) is 5.90 Å². The van der Waals surface area contributed by atoms with Gasteiger partial charge in [0.2, 0.25) is 0 Å². The van der Waals surface area contributed by atoms with Crippen LogP contribution in [-0.2, 0) is 4.74 Å². The van der Waals surface area contributed by atoms with E-state index < -0.39 is 0 Å². The quantitative estimate of drug-likeness (QED) is 0.661. The van der Waals surface area contributed by atoms with Crippen molar-refractivity contribution >= 4 is 5.90 Å². The third kappa shape index (κ3) is 3.35. The van der Waals surface area contributed by atoms with E-state index in [0.29, 0.717) is 12.0 Å². The van der Waals surface area contributed by atoms with Gasteiger partial charge in [0.1, 0.15) is 6.61 Å². The van der Waals surface area contributed by atoms with Crippen LogP contribution in [-0.4, -0.2) is 30.3 Å². The number of ether oxygens (including phenoxy) is 1. The molecular weight excluding hydrogens is 166 g/mol. The maximum atomic E-state index is 8.60. The number of unbranched alkanes of at least 4 members (excludes halogenated alkanes) is 1. The molecule has 76 valence electrons. The van der Waals surface area contributed by atoms with E-state index in [1.54, 1.807) is 0 Å². The van der Waals surface area contributed by atoms with Crippen LogP contribution in [0.5, 0.6) is 0 Å². The van der Waals surface area contributed by atoms with Crippen molar-refractivity contribution in [2.45, 2.75) is 39.2 Å². The molecule has 1 heterocycles. The third-order valence-electron chi connectivity index (χ3n) is 2.30. The lowest BCUT2D eigenvalue weighted by Crippen LogP contribution is -2.13. The Bertz CT molecular complexity index is 178. The van der Waals surface area contributed by atoms with Crippen LogP contribution in [0.3, 0.4) is 0 Å². The summed E-state index contributed by atoms with van der Waals surface area (Å²) in [6.07, 6.45) is 2.69. The zero-order valence-electron chi connectivity index (χ0n) is 8.49. The predicted molar refractivity (Wildman–Crippen MR) is 52.9 cm³/mol. The molecule has 0 bridgehead atoms. The molecule has 0 aromatic heterocycles. The van der Waals surface area contributed by atoms with Gasteiger partial charge in [0, 0.05) is 13.0 Å². The average molecular weight is 185 g/mol. The van der Waals surface area contributed by atoms with Gasteiger partial charge < -0.3 is 9.84 Å². The average Bonchev–Trinajstić information content (AvgIpc) is 2.53. The standard InChI is InChI=1S/C10H19NO2/c1-8(2)9-7-13-10(11-9)5-3-4-6-12/h8-9,12H,3-7H2,1-2H3/t9-/m1/s1. The Balaban J connectivity index is 2.24. The van der Waals surface area contributed by atoms with Crippen molar-refractivity contribution in [2.24, 2.45) is 10.9 Å². The molecule has 1 atom stereocenters. The lowest BCUT2D eigenvalue weighted by atomic mass is 10.1. The van der Waals surface area contributed by atoms with Crippen LogP contribution in [0.25, 0.3) is 0 Å². The normalized spacial score (nSPS) is 21.8. The fraction of sp³-hybridized carbons (Fsp3) is 0.900. The summed E-state index contributed by atoms with van der Waals surface area (Å²) in [6.45, 7) is 5.33. The second kappa shape index (κ2) is 5.22. The first kappa shape index (κ1) is 10.5. The lowest BCUT2D eigenvalue weighted by molar-refractivity contribution is 0.274. The minimum Gasteiger partial charge on any atom is -0.479 e. The Labute approximate surface area is 79.8 Å². The van der Waals surface area contributed by atoms with Crippen molar-refractivity contribution in [1.29, 1.82) is 0 Å².